The van der Waals surface area contributed by atoms with Crippen LogP contribution in [0.4, 0.5) is 13.6 Å². The zero-order valence-corrected chi connectivity index (χ0v) is 32.6. The fourth-order valence-electron chi connectivity index (χ4n) is 8.72. The van der Waals surface area contributed by atoms with Crippen molar-refractivity contribution in [3.8, 4) is 11.6 Å². The smallest absolute Gasteiger partial charge is 0.408 e. The van der Waals surface area contributed by atoms with E-state index >= 15 is 0 Å². The third kappa shape index (κ3) is 8.66. The molecule has 2 aliphatic carbocycles. The van der Waals surface area contributed by atoms with Gasteiger partial charge in [0.1, 0.15) is 47.0 Å². The van der Waals surface area contributed by atoms with Crippen LogP contribution in [-0.2, 0) is 25.1 Å². The highest BCUT2D eigenvalue weighted by atomic mass is 31.2. The van der Waals surface area contributed by atoms with Crippen molar-refractivity contribution in [3.05, 3.63) is 65.7 Å². The van der Waals surface area contributed by atoms with Gasteiger partial charge in [0.25, 0.3) is 0 Å². The van der Waals surface area contributed by atoms with Crippen LogP contribution in [0.3, 0.4) is 0 Å². The standard InChI is InChI=1S/C41H51F2N4O8P/c1-2-53-37-22-36(29-16-10-11-19-33(29)44-37)54-28-21-35-38(48)46-41(56(51,52)25-30-31(42)17-12-18-32(30)43)23-26(41)13-6-4-3-5-7-20-34(39(49)47(35)24-28)45-40(50)55-27-14-8-9-15-27/h10-12,16-19,22,26-28,34-35H,2-9,13-15,20-21,23-25H2,1H3,(H,45,50)(H,46,48)(H,51,52)/t26-,28?,34+,35+,41+/m1/s1. The van der Waals surface area contributed by atoms with Crippen molar-refractivity contribution in [2.45, 2.75) is 126 Å². The van der Waals surface area contributed by atoms with E-state index in [4.69, 9.17) is 14.2 Å². The minimum atomic E-state index is -4.50. The lowest BCUT2D eigenvalue weighted by molar-refractivity contribution is -0.140. The van der Waals surface area contributed by atoms with Gasteiger partial charge >= 0.3 is 6.09 Å². The van der Waals surface area contributed by atoms with Gasteiger partial charge in [-0.05, 0) is 82.1 Å². The zero-order chi connectivity index (χ0) is 39.5. The van der Waals surface area contributed by atoms with Crippen molar-refractivity contribution in [1.29, 1.82) is 0 Å². The van der Waals surface area contributed by atoms with Crippen LogP contribution in [0.2, 0.25) is 0 Å². The van der Waals surface area contributed by atoms with E-state index in [1.165, 1.54) is 11.0 Å². The van der Waals surface area contributed by atoms with Crippen molar-refractivity contribution in [2.75, 3.05) is 13.2 Å². The first-order chi connectivity index (χ1) is 27.0. The maximum atomic E-state index is 14.8. The number of rotatable bonds is 9. The number of amides is 3. The second-order valence-corrected chi connectivity index (χ2v) is 18.1. The van der Waals surface area contributed by atoms with Crippen LogP contribution >= 0.6 is 7.37 Å². The molecule has 4 fully saturated rings. The lowest BCUT2D eigenvalue weighted by atomic mass is 10.0. The number of nitrogens with one attached hydrogen (secondary N) is 2. The maximum Gasteiger partial charge on any atom is 0.408 e. The minimum absolute atomic E-state index is 0.0237. The number of fused-ring (bicyclic) bond motifs is 3. The van der Waals surface area contributed by atoms with Gasteiger partial charge < -0.3 is 34.6 Å². The molecule has 12 nitrogen and oxygen atoms in total. The van der Waals surface area contributed by atoms with E-state index in [0.717, 1.165) is 63.5 Å². The molecule has 302 valence electrons. The van der Waals surface area contributed by atoms with Crippen molar-refractivity contribution in [2.24, 2.45) is 5.92 Å². The van der Waals surface area contributed by atoms with Gasteiger partial charge in [0, 0.05) is 23.4 Å². The number of pyridine rings is 1. The summed E-state index contributed by atoms with van der Waals surface area (Å²) in [5, 5.41) is 4.76. The third-order valence-electron chi connectivity index (χ3n) is 11.8. The zero-order valence-electron chi connectivity index (χ0n) is 31.7. The van der Waals surface area contributed by atoms with E-state index in [9.17, 15) is 32.6 Å². The Labute approximate surface area is 325 Å². The summed E-state index contributed by atoms with van der Waals surface area (Å²) in [5.41, 5.74) is 0.121. The Morgan fingerprint density at radius 1 is 0.982 bits per heavy atom. The summed E-state index contributed by atoms with van der Waals surface area (Å²) in [5.74, 6) is -2.66. The number of hydrogen-bond donors (Lipinski definition) is 3. The van der Waals surface area contributed by atoms with Crippen LogP contribution < -0.4 is 20.1 Å². The summed E-state index contributed by atoms with van der Waals surface area (Å²) in [6, 6.07) is 10.1. The molecule has 6 atom stereocenters. The molecule has 56 heavy (non-hydrogen) atoms. The van der Waals surface area contributed by atoms with Gasteiger partial charge in [-0.1, -0.05) is 50.3 Å². The summed E-state index contributed by atoms with van der Waals surface area (Å²) in [6.07, 6.45) is 5.88. The van der Waals surface area contributed by atoms with E-state index in [1.54, 1.807) is 6.07 Å². The molecule has 1 aromatic heterocycles. The van der Waals surface area contributed by atoms with Crippen LogP contribution in [0.25, 0.3) is 10.9 Å². The largest absolute Gasteiger partial charge is 0.488 e. The number of nitrogens with zero attached hydrogens (tertiary/aromatic N) is 2. The maximum absolute atomic E-state index is 14.8. The average Bonchev–Trinajstić information content (AvgIpc) is 3.43. The Bertz CT molecular complexity index is 1960. The molecule has 0 radical (unpaired) electrons. The van der Waals surface area contributed by atoms with Gasteiger partial charge in [-0.25, -0.2) is 18.6 Å². The number of aromatic nitrogens is 1. The number of benzene rings is 2. The van der Waals surface area contributed by atoms with Crippen LogP contribution in [0.15, 0.2) is 48.5 Å². The van der Waals surface area contributed by atoms with Gasteiger partial charge in [0.15, 0.2) is 0 Å². The Balaban J connectivity index is 1.20. The molecule has 15 heteroatoms. The van der Waals surface area contributed by atoms with Crippen molar-refractivity contribution in [1.82, 2.24) is 20.5 Å². The monoisotopic (exact) mass is 796 g/mol. The topological polar surface area (TPSA) is 156 Å². The van der Waals surface area contributed by atoms with Crippen molar-refractivity contribution in [3.63, 3.8) is 0 Å². The number of para-hydroxylation sites is 1. The van der Waals surface area contributed by atoms with E-state index in [-0.39, 0.29) is 25.5 Å². The van der Waals surface area contributed by atoms with Crippen LogP contribution in [0.1, 0.15) is 96.0 Å². The Morgan fingerprint density at radius 2 is 1.68 bits per heavy atom. The molecule has 4 aliphatic rings. The molecule has 2 unspecified atom stereocenters. The van der Waals surface area contributed by atoms with Crippen molar-refractivity contribution < 1.29 is 46.8 Å². The molecule has 2 aromatic carbocycles. The highest BCUT2D eigenvalue weighted by Gasteiger charge is 2.66. The summed E-state index contributed by atoms with van der Waals surface area (Å²) >= 11 is 0. The molecule has 3 N–H and O–H groups in total. The first-order valence-electron chi connectivity index (χ1n) is 20.0. The normalized spacial score (nSPS) is 27.2. The SMILES string of the molecule is CCOc1cc(OC2C[C@H]3C(=O)N[C@]4(P(=O)(O)Cc5c(F)cccc5F)C[C@H]4CCCCCCC[C@H](NC(=O)OC4CCCC4)C(=O)N3C2)c2ccccc2n1. The predicted octanol–water partition coefficient (Wildman–Crippen LogP) is 7.34. The van der Waals surface area contributed by atoms with Crippen LogP contribution in [0.5, 0.6) is 11.6 Å². The minimum Gasteiger partial charge on any atom is -0.488 e. The molecule has 3 amide bonds. The second-order valence-electron chi connectivity index (χ2n) is 15.6. The van der Waals surface area contributed by atoms with Gasteiger partial charge in [-0.15, -0.1) is 0 Å². The summed E-state index contributed by atoms with van der Waals surface area (Å²) in [6.45, 7) is 2.19. The lowest BCUT2D eigenvalue weighted by Gasteiger charge is -2.31. The molecule has 2 saturated heterocycles. The van der Waals surface area contributed by atoms with E-state index in [1.807, 2.05) is 31.2 Å². The molecule has 2 saturated carbocycles. The van der Waals surface area contributed by atoms with Gasteiger partial charge in [0.2, 0.25) is 25.1 Å². The predicted molar refractivity (Wildman–Crippen MR) is 204 cm³/mol. The number of alkyl carbamates (subject to hydrolysis) is 1. The Hall–Kier alpha value is -4.29. The van der Waals surface area contributed by atoms with E-state index in [2.05, 4.69) is 15.6 Å². The molecular formula is C41H51F2N4O8P. The van der Waals surface area contributed by atoms with E-state index in [0.29, 0.717) is 48.4 Å². The summed E-state index contributed by atoms with van der Waals surface area (Å²) in [4.78, 5) is 60.0. The Morgan fingerprint density at radius 3 is 2.43 bits per heavy atom. The number of halogens is 2. The van der Waals surface area contributed by atoms with E-state index < -0.39 is 78.0 Å². The second kappa shape index (κ2) is 17.1. The molecule has 2 aliphatic heterocycles. The Kier molecular flexibility index (Phi) is 12.2. The van der Waals surface area contributed by atoms with Crippen LogP contribution in [-0.4, -0.2) is 75.4 Å². The van der Waals surface area contributed by atoms with Crippen LogP contribution in [0, 0.1) is 17.6 Å². The number of hydrogen-bond acceptors (Lipinski definition) is 8. The molecule has 3 heterocycles. The first kappa shape index (κ1) is 39.9. The van der Waals surface area contributed by atoms with Crippen molar-refractivity contribution >= 4 is 36.2 Å². The fourth-order valence-corrected chi connectivity index (χ4v) is 11.2. The number of carbonyl (C=O) groups excluding carboxylic acids is 3. The third-order valence-corrected chi connectivity index (χ3v) is 14.4. The molecular weight excluding hydrogens is 745 g/mol. The number of ether oxygens (including phenoxy) is 3. The fraction of sp³-hybridized carbons (Fsp3) is 0.561. The number of carbonyl (C=O) groups is 3. The molecule has 0 bridgehead atoms. The van der Waals surface area contributed by atoms with Gasteiger partial charge in [-0.2, -0.15) is 0 Å². The highest BCUT2D eigenvalue weighted by Crippen LogP contribution is 2.71. The lowest BCUT2D eigenvalue weighted by Crippen LogP contribution is -2.55. The molecule has 7 rings (SSSR count). The van der Waals surface area contributed by atoms with Gasteiger partial charge in [-0.3, -0.25) is 14.2 Å². The molecule has 0 spiro atoms. The highest BCUT2D eigenvalue weighted by molar-refractivity contribution is 7.59. The average molecular weight is 797 g/mol. The molecule has 3 aromatic rings. The summed E-state index contributed by atoms with van der Waals surface area (Å²) < 4.78 is 62.0. The van der Waals surface area contributed by atoms with Gasteiger partial charge in [0.05, 0.1) is 24.8 Å². The summed E-state index contributed by atoms with van der Waals surface area (Å²) in [7, 11) is -4.50. The quantitative estimate of drug-likeness (QED) is 0.189. The first-order valence-corrected chi connectivity index (χ1v) is 21.9.